The molecule has 3 heterocycles. The third-order valence-corrected chi connectivity index (χ3v) is 5.59. The highest BCUT2D eigenvalue weighted by Crippen LogP contribution is 2.49. The summed E-state index contributed by atoms with van der Waals surface area (Å²) < 4.78 is 10.6. The number of hydrogen-bond donors (Lipinski definition) is 3. The molecular formula is C21H25N5O4. The molecule has 0 bridgehead atoms. The zero-order valence-corrected chi connectivity index (χ0v) is 16.8. The molecule has 2 aliphatic heterocycles. The summed E-state index contributed by atoms with van der Waals surface area (Å²) in [5, 5.41) is 6.33. The summed E-state index contributed by atoms with van der Waals surface area (Å²) >= 11 is 0. The van der Waals surface area contributed by atoms with Gasteiger partial charge >= 0.3 is 5.97 Å². The maximum atomic E-state index is 12.2. The number of amides is 1. The summed E-state index contributed by atoms with van der Waals surface area (Å²) in [6.45, 7) is 0.943. The number of carbonyl (C=O) groups is 2. The van der Waals surface area contributed by atoms with Gasteiger partial charge in [0.1, 0.15) is 0 Å². The minimum atomic E-state index is -0.347. The Labute approximate surface area is 174 Å². The molecule has 1 aromatic heterocycles. The molecule has 0 spiro atoms. The molecule has 3 unspecified atom stereocenters. The summed E-state index contributed by atoms with van der Waals surface area (Å²) in [5.74, 6) is 0.0154. The van der Waals surface area contributed by atoms with Crippen LogP contribution < -0.4 is 16.4 Å². The second-order valence-electron chi connectivity index (χ2n) is 7.51. The van der Waals surface area contributed by atoms with E-state index in [2.05, 4.69) is 25.3 Å². The third-order valence-electron chi connectivity index (χ3n) is 5.59. The van der Waals surface area contributed by atoms with Crippen molar-refractivity contribution in [3.8, 4) is 0 Å². The number of esters is 1. The molecule has 1 fully saturated rings. The van der Waals surface area contributed by atoms with Crippen LogP contribution >= 0.6 is 0 Å². The van der Waals surface area contributed by atoms with Gasteiger partial charge in [0.2, 0.25) is 11.9 Å². The van der Waals surface area contributed by atoms with Crippen LogP contribution in [0.1, 0.15) is 41.7 Å². The first-order valence-corrected chi connectivity index (χ1v) is 9.97. The molecule has 0 saturated carbocycles. The van der Waals surface area contributed by atoms with Gasteiger partial charge in [-0.2, -0.15) is 0 Å². The fourth-order valence-electron chi connectivity index (χ4n) is 4.12. The van der Waals surface area contributed by atoms with Gasteiger partial charge in [-0.25, -0.2) is 9.97 Å². The largest absolute Gasteiger partial charge is 0.469 e. The predicted molar refractivity (Wildman–Crippen MR) is 109 cm³/mol. The van der Waals surface area contributed by atoms with E-state index < -0.39 is 0 Å². The van der Waals surface area contributed by atoms with Crippen LogP contribution in [0.3, 0.4) is 0 Å². The number of methoxy groups -OCH3 is 1. The summed E-state index contributed by atoms with van der Waals surface area (Å²) in [7, 11) is 1.33. The number of ether oxygens (including phenoxy) is 2. The molecule has 1 amide bonds. The van der Waals surface area contributed by atoms with Gasteiger partial charge in [0.25, 0.3) is 0 Å². The van der Waals surface area contributed by atoms with Crippen LogP contribution in [-0.4, -0.2) is 42.1 Å². The van der Waals surface area contributed by atoms with Crippen LogP contribution in [0.2, 0.25) is 0 Å². The summed E-state index contributed by atoms with van der Waals surface area (Å²) in [5.41, 5.74) is 9.54. The molecule has 9 nitrogen and oxygen atoms in total. The van der Waals surface area contributed by atoms with Crippen LogP contribution in [0.15, 0.2) is 30.6 Å². The molecule has 4 N–H and O–H groups in total. The zero-order valence-electron chi connectivity index (χ0n) is 16.8. The summed E-state index contributed by atoms with van der Waals surface area (Å²) in [6, 6.07) is 5.98. The summed E-state index contributed by atoms with van der Waals surface area (Å²) in [4.78, 5) is 31.6. The maximum absolute atomic E-state index is 12.2. The van der Waals surface area contributed by atoms with Crippen molar-refractivity contribution in [1.29, 1.82) is 0 Å². The molecule has 30 heavy (non-hydrogen) atoms. The lowest BCUT2D eigenvalue weighted by Crippen LogP contribution is -2.30. The monoisotopic (exact) mass is 411 g/mol. The predicted octanol–water partition coefficient (Wildman–Crippen LogP) is 1.52. The van der Waals surface area contributed by atoms with E-state index >= 15 is 0 Å². The van der Waals surface area contributed by atoms with Crippen LogP contribution in [-0.2, 0) is 25.5 Å². The lowest BCUT2D eigenvalue weighted by atomic mass is 9.81. The van der Waals surface area contributed by atoms with E-state index in [-0.39, 0.29) is 55.3 Å². The van der Waals surface area contributed by atoms with Gasteiger partial charge in [-0.15, -0.1) is 0 Å². The molecule has 3 atom stereocenters. The van der Waals surface area contributed by atoms with E-state index in [9.17, 15) is 9.59 Å². The van der Waals surface area contributed by atoms with E-state index in [1.807, 2.05) is 18.2 Å². The lowest BCUT2D eigenvalue weighted by Gasteiger charge is -2.36. The van der Waals surface area contributed by atoms with Crippen molar-refractivity contribution in [3.05, 3.63) is 47.3 Å². The number of benzene rings is 1. The Kier molecular flexibility index (Phi) is 5.80. The number of nitrogens with zero attached hydrogens (tertiary/aromatic N) is 2. The zero-order chi connectivity index (χ0) is 21.1. The average molecular weight is 411 g/mol. The molecule has 158 valence electrons. The van der Waals surface area contributed by atoms with Crippen LogP contribution in [0, 0.1) is 5.92 Å². The van der Waals surface area contributed by atoms with Gasteiger partial charge in [-0.1, -0.05) is 12.1 Å². The fraction of sp³-hybridized carbons (Fsp3) is 0.429. The van der Waals surface area contributed by atoms with Crippen molar-refractivity contribution in [2.75, 3.05) is 31.3 Å². The van der Waals surface area contributed by atoms with Crippen molar-refractivity contribution in [3.63, 3.8) is 0 Å². The highest BCUT2D eigenvalue weighted by atomic mass is 16.5. The van der Waals surface area contributed by atoms with Crippen LogP contribution in [0.5, 0.6) is 0 Å². The fourth-order valence-corrected chi connectivity index (χ4v) is 4.12. The Morgan fingerprint density at radius 2 is 2.13 bits per heavy atom. The average Bonchev–Trinajstić information content (AvgIpc) is 3.24. The van der Waals surface area contributed by atoms with Crippen molar-refractivity contribution in [2.24, 2.45) is 5.92 Å². The molecule has 2 aliphatic rings. The van der Waals surface area contributed by atoms with Crippen molar-refractivity contribution < 1.29 is 19.1 Å². The second-order valence-corrected chi connectivity index (χ2v) is 7.51. The number of nitrogens with two attached hydrogens (primary N) is 1. The van der Waals surface area contributed by atoms with E-state index in [0.29, 0.717) is 6.61 Å². The van der Waals surface area contributed by atoms with Gasteiger partial charge in [0.15, 0.2) is 0 Å². The van der Waals surface area contributed by atoms with Gasteiger partial charge in [0, 0.05) is 48.3 Å². The van der Waals surface area contributed by atoms with E-state index in [1.165, 1.54) is 7.11 Å². The van der Waals surface area contributed by atoms with Crippen LogP contribution in [0.25, 0.3) is 0 Å². The van der Waals surface area contributed by atoms with Gasteiger partial charge in [0.05, 0.1) is 32.1 Å². The number of rotatable bonds is 6. The third kappa shape index (κ3) is 4.20. The lowest BCUT2D eigenvalue weighted by molar-refractivity contribution is -0.140. The number of nitrogens with one attached hydrogen (secondary N) is 2. The van der Waals surface area contributed by atoms with E-state index in [0.717, 1.165) is 28.8 Å². The minimum absolute atomic E-state index is 0.0399. The van der Waals surface area contributed by atoms with E-state index in [4.69, 9.17) is 10.5 Å². The molecule has 0 aliphatic carbocycles. The van der Waals surface area contributed by atoms with Crippen LogP contribution in [0.4, 0.5) is 11.6 Å². The van der Waals surface area contributed by atoms with Gasteiger partial charge in [-0.05, 0) is 18.1 Å². The topological polar surface area (TPSA) is 128 Å². The van der Waals surface area contributed by atoms with Gasteiger partial charge in [-0.3, -0.25) is 9.59 Å². The smallest absolute Gasteiger partial charge is 0.307 e. The second kappa shape index (κ2) is 8.66. The molecule has 2 aromatic rings. The molecule has 1 saturated heterocycles. The number of hydrogen-bond acceptors (Lipinski definition) is 8. The first-order valence-electron chi connectivity index (χ1n) is 9.97. The molecule has 9 heteroatoms. The Hall–Kier alpha value is -3.20. The van der Waals surface area contributed by atoms with Crippen molar-refractivity contribution in [1.82, 2.24) is 15.3 Å². The highest BCUT2D eigenvalue weighted by Gasteiger charge is 2.41. The maximum Gasteiger partial charge on any atom is 0.307 e. The Morgan fingerprint density at radius 1 is 1.33 bits per heavy atom. The summed E-state index contributed by atoms with van der Waals surface area (Å²) in [6.07, 6.45) is 4.78. The normalized spacial score (nSPS) is 21.8. The minimum Gasteiger partial charge on any atom is -0.469 e. The van der Waals surface area contributed by atoms with E-state index in [1.54, 1.807) is 12.4 Å². The number of nitrogen functional groups attached to an aromatic ring is 1. The Balaban J connectivity index is 1.48. The van der Waals surface area contributed by atoms with Crippen molar-refractivity contribution in [2.45, 2.75) is 31.4 Å². The Morgan fingerprint density at radius 3 is 2.90 bits per heavy atom. The SMILES string of the molecule is COC(=O)CCNC(=O)Cc1ccc2c(c1)C1OCCC1C(c1cnc(N)nc1)N2. The molecule has 4 rings (SSSR count). The molecule has 1 aromatic carbocycles. The number of carbonyl (C=O) groups excluding carboxylic acids is 2. The molecule has 0 radical (unpaired) electrons. The standard InChI is InChI=1S/C21H25N5O4/c1-29-18(28)4-6-23-17(27)9-12-2-3-16-15(8-12)20-14(5-7-30-20)19(26-16)13-10-24-21(22)25-11-13/h2-3,8,10-11,14,19-20,26H,4-7,9H2,1H3,(H,23,27)(H2,22,24,25). The van der Waals surface area contributed by atoms with Crippen molar-refractivity contribution >= 4 is 23.5 Å². The quantitative estimate of drug-likeness (QED) is 0.611. The Bertz CT molecular complexity index is 933. The van der Waals surface area contributed by atoms with Gasteiger partial charge < -0.3 is 25.8 Å². The number of fused-ring (bicyclic) bond motifs is 3. The first-order chi connectivity index (χ1) is 14.5. The first kappa shape index (κ1) is 20.1. The highest BCUT2D eigenvalue weighted by molar-refractivity contribution is 5.79. The molecular weight excluding hydrogens is 386 g/mol. The number of anilines is 2. The number of aromatic nitrogens is 2.